The quantitative estimate of drug-likeness (QED) is 0.325. The Morgan fingerprint density at radius 3 is 2.53 bits per heavy atom. The minimum absolute atomic E-state index is 0.223. The van der Waals surface area contributed by atoms with E-state index in [1.807, 2.05) is 55.5 Å². The third-order valence-electron chi connectivity index (χ3n) is 5.52. The molecule has 0 radical (unpaired) electrons. The lowest BCUT2D eigenvalue weighted by atomic mass is 9.95. The number of esters is 1. The lowest BCUT2D eigenvalue weighted by molar-refractivity contribution is -0.136. The maximum absolute atomic E-state index is 13.7. The van der Waals surface area contributed by atoms with Gasteiger partial charge in [-0.15, -0.1) is 0 Å². The smallest absolute Gasteiger partial charge is 0.338 e. The monoisotopic (exact) mass is 590 g/mol. The van der Waals surface area contributed by atoms with Crippen LogP contribution in [0.15, 0.2) is 63.5 Å². The van der Waals surface area contributed by atoms with Gasteiger partial charge in [-0.25, -0.2) is 9.79 Å². The average Bonchev–Trinajstić information content (AvgIpc) is 3.16. The summed E-state index contributed by atoms with van der Waals surface area (Å²) in [6.07, 6.45) is 2.34. The number of allylic oxidation sites excluding steroid dienone is 1. The molecule has 0 aliphatic carbocycles. The van der Waals surface area contributed by atoms with Crippen LogP contribution in [0.5, 0.6) is 11.5 Å². The summed E-state index contributed by atoms with van der Waals surface area (Å²) in [6.45, 7) is 1.93. The number of benzene rings is 2. The molecule has 0 fully saturated rings. The third kappa shape index (κ3) is 4.29. The van der Waals surface area contributed by atoms with Gasteiger partial charge in [0.25, 0.3) is 5.56 Å². The van der Waals surface area contributed by atoms with E-state index in [2.05, 4.69) is 27.6 Å². The fourth-order valence-electron chi connectivity index (χ4n) is 3.99. The molecule has 0 saturated carbocycles. The molecule has 9 heteroatoms. The van der Waals surface area contributed by atoms with Crippen molar-refractivity contribution in [1.82, 2.24) is 4.57 Å². The van der Waals surface area contributed by atoms with Crippen molar-refractivity contribution in [3.05, 3.63) is 88.1 Å². The summed E-state index contributed by atoms with van der Waals surface area (Å²) >= 11 is 3.47. The normalized spacial score (nSPS) is 15.6. The second-order valence-corrected chi connectivity index (χ2v) is 9.61. The van der Waals surface area contributed by atoms with Crippen LogP contribution in [0.4, 0.5) is 0 Å². The van der Waals surface area contributed by atoms with Crippen molar-refractivity contribution >= 4 is 46.0 Å². The first-order valence-electron chi connectivity index (χ1n) is 10.5. The van der Waals surface area contributed by atoms with E-state index in [0.717, 1.165) is 14.7 Å². The lowest BCUT2D eigenvalue weighted by Crippen LogP contribution is -2.40. The van der Waals surface area contributed by atoms with E-state index >= 15 is 0 Å². The zero-order valence-corrected chi connectivity index (χ0v) is 22.1. The Kier molecular flexibility index (Phi) is 7.22. The maximum Gasteiger partial charge on any atom is 0.338 e. The fraction of sp³-hybridized carbons (Fsp3) is 0.240. The number of nitrogens with zero attached hydrogens (tertiary/aromatic N) is 2. The highest BCUT2D eigenvalue weighted by Crippen LogP contribution is 2.34. The van der Waals surface area contributed by atoms with Gasteiger partial charge in [0.15, 0.2) is 16.3 Å². The number of thiazole rings is 1. The van der Waals surface area contributed by atoms with Gasteiger partial charge >= 0.3 is 5.97 Å². The predicted molar refractivity (Wildman–Crippen MR) is 139 cm³/mol. The van der Waals surface area contributed by atoms with Crippen LogP contribution < -0.4 is 24.4 Å². The molecule has 0 amide bonds. The summed E-state index contributed by atoms with van der Waals surface area (Å²) in [7, 11) is 4.51. The predicted octanol–water partition coefficient (Wildman–Crippen LogP) is 3.42. The zero-order chi connectivity index (χ0) is 24.4. The molecule has 3 aromatic rings. The third-order valence-corrected chi connectivity index (χ3v) is 7.30. The van der Waals surface area contributed by atoms with Gasteiger partial charge in [0, 0.05) is 0 Å². The summed E-state index contributed by atoms with van der Waals surface area (Å²) < 4.78 is 18.9. The number of hydrogen-bond acceptors (Lipinski definition) is 7. The molecular formula is C25H23IN2O5S. The highest BCUT2D eigenvalue weighted by molar-refractivity contribution is 14.1. The number of methoxy groups -OCH3 is 3. The Balaban J connectivity index is 1.98. The van der Waals surface area contributed by atoms with Gasteiger partial charge in [0.1, 0.15) is 0 Å². The van der Waals surface area contributed by atoms with E-state index < -0.39 is 12.0 Å². The molecule has 4 rings (SSSR count). The zero-order valence-electron chi connectivity index (χ0n) is 19.1. The van der Waals surface area contributed by atoms with Crippen LogP contribution in [0.3, 0.4) is 0 Å². The van der Waals surface area contributed by atoms with Crippen LogP contribution in [-0.2, 0) is 9.53 Å². The van der Waals surface area contributed by atoms with Gasteiger partial charge in [-0.1, -0.05) is 48.6 Å². The van der Waals surface area contributed by atoms with Crippen LogP contribution in [-0.4, -0.2) is 31.9 Å². The molecule has 1 aliphatic rings. The summed E-state index contributed by atoms with van der Waals surface area (Å²) in [6, 6.07) is 12.6. The van der Waals surface area contributed by atoms with Gasteiger partial charge in [0.2, 0.25) is 0 Å². The Bertz CT molecular complexity index is 1460. The van der Waals surface area contributed by atoms with Crippen molar-refractivity contribution in [3.8, 4) is 11.5 Å². The second kappa shape index (κ2) is 10.1. The Morgan fingerprint density at radius 2 is 1.91 bits per heavy atom. The van der Waals surface area contributed by atoms with E-state index in [0.29, 0.717) is 38.5 Å². The van der Waals surface area contributed by atoms with Crippen molar-refractivity contribution in [3.63, 3.8) is 0 Å². The summed E-state index contributed by atoms with van der Waals surface area (Å²) in [4.78, 5) is 31.7. The van der Waals surface area contributed by atoms with Crippen molar-refractivity contribution in [2.24, 2.45) is 4.99 Å². The van der Waals surface area contributed by atoms with Gasteiger partial charge in [0.05, 0.1) is 46.7 Å². The number of carbonyl (C=O) groups excluding carboxylic acids is 1. The van der Waals surface area contributed by atoms with Crippen molar-refractivity contribution < 1.29 is 19.0 Å². The molecule has 1 aromatic heterocycles. The van der Waals surface area contributed by atoms with Gasteiger partial charge in [-0.05, 0) is 58.3 Å². The van der Waals surface area contributed by atoms with E-state index in [-0.39, 0.29) is 5.56 Å². The standard InChI is InChI=1S/C25H23IN2O5S/c1-5-17-20(24(30)33-4)21(15-9-7-6-8-10-15)28-23(29)19(34-25(28)27-17)13-14-11-16(26)22(32-3)18(12-14)31-2/h6-13,21H,5H2,1-4H3/b19-13-/t21-/m1/s1. The molecule has 7 nitrogen and oxygen atoms in total. The fourth-order valence-corrected chi connectivity index (χ4v) is 5.85. The topological polar surface area (TPSA) is 79.1 Å². The number of fused-ring (bicyclic) bond motifs is 1. The summed E-state index contributed by atoms with van der Waals surface area (Å²) in [5.74, 6) is 0.733. The maximum atomic E-state index is 13.7. The molecule has 176 valence electrons. The largest absolute Gasteiger partial charge is 0.493 e. The molecule has 34 heavy (non-hydrogen) atoms. The van der Waals surface area contributed by atoms with Crippen molar-refractivity contribution in [2.75, 3.05) is 21.3 Å². The number of ether oxygens (including phenoxy) is 3. The second-order valence-electron chi connectivity index (χ2n) is 7.44. The van der Waals surface area contributed by atoms with Crippen LogP contribution in [0, 0.1) is 3.57 Å². The van der Waals surface area contributed by atoms with Gasteiger partial charge in [-0.3, -0.25) is 9.36 Å². The number of halogens is 1. The molecule has 0 unspecified atom stereocenters. The van der Waals surface area contributed by atoms with Gasteiger partial charge in [-0.2, -0.15) is 0 Å². The van der Waals surface area contributed by atoms with E-state index in [4.69, 9.17) is 14.2 Å². The number of aromatic nitrogens is 1. The van der Waals surface area contributed by atoms with E-state index in [9.17, 15) is 9.59 Å². The number of carbonyl (C=O) groups is 1. The molecule has 0 saturated heterocycles. The minimum Gasteiger partial charge on any atom is -0.493 e. The Hall–Kier alpha value is -2.92. The molecule has 2 heterocycles. The van der Waals surface area contributed by atoms with Crippen LogP contribution in [0.1, 0.15) is 30.5 Å². The SMILES string of the molecule is CCC1=C(C(=O)OC)[C@@H](c2ccccc2)n2c(s/c(=C\c3cc(I)c(OC)c(OC)c3)c2=O)=N1. The highest BCUT2D eigenvalue weighted by Gasteiger charge is 2.33. The molecule has 1 aliphatic heterocycles. The van der Waals surface area contributed by atoms with Crippen LogP contribution in [0.2, 0.25) is 0 Å². The first-order chi connectivity index (χ1) is 16.4. The van der Waals surface area contributed by atoms with E-state index in [1.54, 1.807) is 18.8 Å². The highest BCUT2D eigenvalue weighted by atomic mass is 127. The average molecular weight is 590 g/mol. The van der Waals surface area contributed by atoms with Crippen LogP contribution in [0.25, 0.3) is 6.08 Å². The Morgan fingerprint density at radius 1 is 1.18 bits per heavy atom. The van der Waals surface area contributed by atoms with E-state index in [1.165, 1.54) is 18.4 Å². The molecule has 0 N–H and O–H groups in total. The van der Waals surface area contributed by atoms with Gasteiger partial charge < -0.3 is 14.2 Å². The molecule has 2 aromatic carbocycles. The first kappa shape index (κ1) is 24.2. The van der Waals surface area contributed by atoms with Crippen LogP contribution >= 0.6 is 33.9 Å². The number of hydrogen-bond donors (Lipinski definition) is 0. The lowest BCUT2D eigenvalue weighted by Gasteiger charge is -2.25. The summed E-state index contributed by atoms with van der Waals surface area (Å²) in [5, 5.41) is 0. The van der Waals surface area contributed by atoms with Crippen molar-refractivity contribution in [1.29, 1.82) is 0 Å². The molecule has 1 atom stereocenters. The molecular weight excluding hydrogens is 567 g/mol. The Labute approximate surface area is 214 Å². The summed E-state index contributed by atoms with van der Waals surface area (Å²) in [5.41, 5.74) is 2.40. The molecule has 0 spiro atoms. The first-order valence-corrected chi connectivity index (χ1v) is 12.4. The molecule has 0 bridgehead atoms. The van der Waals surface area contributed by atoms with Crippen molar-refractivity contribution in [2.45, 2.75) is 19.4 Å². The minimum atomic E-state index is -0.618. The number of rotatable bonds is 6.